The number of carbonyl (C=O) groups is 1. The van der Waals surface area contributed by atoms with E-state index in [1.807, 2.05) is 23.0 Å². The van der Waals surface area contributed by atoms with Gasteiger partial charge in [-0.2, -0.15) is 5.10 Å². The summed E-state index contributed by atoms with van der Waals surface area (Å²) < 4.78 is 2.00. The molecule has 5 nitrogen and oxygen atoms in total. The summed E-state index contributed by atoms with van der Waals surface area (Å²) in [6.07, 6.45) is 8.57. The van der Waals surface area contributed by atoms with Crippen molar-refractivity contribution < 1.29 is 9.90 Å². The zero-order valence-electron chi connectivity index (χ0n) is 11.2. The minimum Gasteiger partial charge on any atom is -0.481 e. The molecule has 1 unspecified atom stereocenters. The van der Waals surface area contributed by atoms with E-state index in [1.54, 1.807) is 12.4 Å². The average molecular weight is 271 g/mol. The predicted octanol–water partition coefficient (Wildman–Crippen LogP) is 2.22. The monoisotopic (exact) mass is 271 g/mol. The van der Waals surface area contributed by atoms with Crippen molar-refractivity contribution in [1.29, 1.82) is 0 Å². The summed E-state index contributed by atoms with van der Waals surface area (Å²) in [6.45, 7) is 0.720. The molecule has 1 aliphatic carbocycles. The molecule has 1 aliphatic rings. The number of nitrogens with zero attached hydrogens (tertiary/aromatic N) is 3. The zero-order chi connectivity index (χ0) is 13.9. The Kier molecular flexibility index (Phi) is 3.50. The largest absolute Gasteiger partial charge is 0.481 e. The van der Waals surface area contributed by atoms with Gasteiger partial charge in [-0.15, -0.1) is 0 Å². The number of hydrogen-bond acceptors (Lipinski definition) is 3. The Morgan fingerprint density at radius 1 is 1.40 bits per heavy atom. The number of hydrogen-bond donors (Lipinski definition) is 1. The van der Waals surface area contributed by atoms with Crippen molar-refractivity contribution in [3.63, 3.8) is 0 Å². The molecule has 2 aromatic rings. The predicted molar refractivity (Wildman–Crippen MR) is 73.5 cm³/mol. The quantitative estimate of drug-likeness (QED) is 0.925. The van der Waals surface area contributed by atoms with Gasteiger partial charge in [0.2, 0.25) is 0 Å². The van der Waals surface area contributed by atoms with Crippen LogP contribution in [0.4, 0.5) is 0 Å². The standard InChI is InChI=1S/C15H17N3O2/c19-15(20)8-12-2-1-3-14-13(12)9-17-18(14)10-11-4-6-16-7-5-11/h4-7,9,12H,1-3,8,10H2,(H,19,20). The van der Waals surface area contributed by atoms with Crippen molar-refractivity contribution in [3.8, 4) is 0 Å². The van der Waals surface area contributed by atoms with Crippen molar-refractivity contribution >= 4 is 5.97 Å². The van der Waals surface area contributed by atoms with E-state index >= 15 is 0 Å². The average Bonchev–Trinajstić information content (AvgIpc) is 2.84. The highest BCUT2D eigenvalue weighted by molar-refractivity contribution is 5.68. The van der Waals surface area contributed by atoms with Gasteiger partial charge in [0.05, 0.1) is 19.2 Å². The molecular formula is C15H17N3O2. The van der Waals surface area contributed by atoms with Gasteiger partial charge in [-0.1, -0.05) is 0 Å². The first-order chi connectivity index (χ1) is 9.74. The maximum absolute atomic E-state index is 10.9. The maximum atomic E-state index is 10.9. The summed E-state index contributed by atoms with van der Waals surface area (Å²) in [5, 5.41) is 13.5. The normalized spacial score (nSPS) is 17.7. The molecule has 3 rings (SSSR count). The van der Waals surface area contributed by atoms with Crippen LogP contribution in [0.5, 0.6) is 0 Å². The van der Waals surface area contributed by atoms with E-state index in [0.717, 1.165) is 36.9 Å². The fourth-order valence-corrected chi connectivity index (χ4v) is 2.93. The lowest BCUT2D eigenvalue weighted by molar-refractivity contribution is -0.137. The van der Waals surface area contributed by atoms with Gasteiger partial charge in [0, 0.05) is 18.1 Å². The Labute approximate surface area is 117 Å². The van der Waals surface area contributed by atoms with Crippen LogP contribution < -0.4 is 0 Å². The molecule has 5 heteroatoms. The molecule has 0 aromatic carbocycles. The summed E-state index contributed by atoms with van der Waals surface area (Å²) in [5.74, 6) is -0.618. The van der Waals surface area contributed by atoms with Crippen LogP contribution in [0.1, 0.15) is 42.0 Å². The van der Waals surface area contributed by atoms with Crippen LogP contribution in [-0.2, 0) is 17.8 Å². The molecule has 1 atom stereocenters. The van der Waals surface area contributed by atoms with Crippen LogP contribution in [0.15, 0.2) is 30.7 Å². The second-order valence-corrected chi connectivity index (χ2v) is 5.25. The van der Waals surface area contributed by atoms with Crippen LogP contribution in [0, 0.1) is 0 Å². The third kappa shape index (κ3) is 2.57. The third-order valence-electron chi connectivity index (χ3n) is 3.89. The van der Waals surface area contributed by atoms with Crippen LogP contribution in [0.3, 0.4) is 0 Å². The maximum Gasteiger partial charge on any atom is 0.303 e. The molecule has 20 heavy (non-hydrogen) atoms. The molecule has 0 fully saturated rings. The smallest absolute Gasteiger partial charge is 0.303 e. The van der Waals surface area contributed by atoms with Gasteiger partial charge in [0.15, 0.2) is 0 Å². The number of carboxylic acid groups (broad SMARTS) is 1. The van der Waals surface area contributed by atoms with Gasteiger partial charge in [-0.05, 0) is 48.4 Å². The minimum atomic E-state index is -0.732. The first-order valence-electron chi connectivity index (χ1n) is 6.89. The summed E-state index contributed by atoms with van der Waals surface area (Å²) in [5.41, 5.74) is 3.47. The summed E-state index contributed by atoms with van der Waals surface area (Å²) in [7, 11) is 0. The van der Waals surface area contributed by atoms with Gasteiger partial charge in [-0.25, -0.2) is 0 Å². The van der Waals surface area contributed by atoms with E-state index in [-0.39, 0.29) is 12.3 Å². The lowest BCUT2D eigenvalue weighted by Crippen LogP contribution is -2.15. The molecular weight excluding hydrogens is 254 g/mol. The van der Waals surface area contributed by atoms with Gasteiger partial charge in [-0.3, -0.25) is 14.5 Å². The van der Waals surface area contributed by atoms with E-state index in [0.29, 0.717) is 0 Å². The number of carboxylic acids is 1. The SMILES string of the molecule is O=C(O)CC1CCCc2c1cnn2Cc1ccncc1. The third-order valence-corrected chi connectivity index (χ3v) is 3.89. The first-order valence-corrected chi connectivity index (χ1v) is 6.89. The number of pyridine rings is 1. The van der Waals surface area contributed by atoms with Gasteiger partial charge in [0.25, 0.3) is 0 Å². The Hall–Kier alpha value is -2.17. The molecule has 104 valence electrons. The van der Waals surface area contributed by atoms with E-state index in [9.17, 15) is 4.79 Å². The second-order valence-electron chi connectivity index (χ2n) is 5.25. The Morgan fingerprint density at radius 3 is 2.95 bits per heavy atom. The minimum absolute atomic E-state index is 0.113. The first kappa shape index (κ1) is 12.8. The van der Waals surface area contributed by atoms with Gasteiger partial charge in [0.1, 0.15) is 0 Å². The molecule has 0 saturated heterocycles. The molecule has 0 radical (unpaired) electrons. The van der Waals surface area contributed by atoms with Gasteiger partial charge < -0.3 is 5.11 Å². The van der Waals surface area contributed by atoms with Crippen LogP contribution in [0.25, 0.3) is 0 Å². The summed E-state index contributed by atoms with van der Waals surface area (Å²) in [6, 6.07) is 3.96. The highest BCUT2D eigenvalue weighted by Crippen LogP contribution is 2.34. The highest BCUT2D eigenvalue weighted by atomic mass is 16.4. The molecule has 0 aliphatic heterocycles. The topological polar surface area (TPSA) is 68.0 Å². The van der Waals surface area contributed by atoms with E-state index in [1.165, 1.54) is 5.69 Å². The van der Waals surface area contributed by atoms with E-state index < -0.39 is 5.97 Å². The van der Waals surface area contributed by atoms with E-state index in [2.05, 4.69) is 10.1 Å². The molecule has 0 spiro atoms. The lowest BCUT2D eigenvalue weighted by Gasteiger charge is -2.21. The highest BCUT2D eigenvalue weighted by Gasteiger charge is 2.25. The molecule has 0 bridgehead atoms. The fraction of sp³-hybridized carbons (Fsp3) is 0.400. The number of aliphatic carboxylic acids is 1. The Morgan fingerprint density at radius 2 is 2.20 bits per heavy atom. The molecule has 2 aromatic heterocycles. The van der Waals surface area contributed by atoms with Crippen molar-refractivity contribution in [2.75, 3.05) is 0 Å². The Balaban J connectivity index is 1.85. The molecule has 2 heterocycles. The van der Waals surface area contributed by atoms with Crippen molar-refractivity contribution in [1.82, 2.24) is 14.8 Å². The van der Waals surface area contributed by atoms with Crippen LogP contribution in [0.2, 0.25) is 0 Å². The number of aromatic nitrogens is 3. The second kappa shape index (κ2) is 5.45. The summed E-state index contributed by atoms with van der Waals surface area (Å²) >= 11 is 0. The number of fused-ring (bicyclic) bond motifs is 1. The molecule has 1 N–H and O–H groups in total. The van der Waals surface area contributed by atoms with Crippen molar-refractivity contribution in [2.45, 2.75) is 38.1 Å². The summed E-state index contributed by atoms with van der Waals surface area (Å²) in [4.78, 5) is 15.0. The van der Waals surface area contributed by atoms with Crippen molar-refractivity contribution in [2.24, 2.45) is 0 Å². The van der Waals surface area contributed by atoms with Crippen LogP contribution in [-0.4, -0.2) is 25.8 Å². The molecule has 0 amide bonds. The van der Waals surface area contributed by atoms with Crippen LogP contribution >= 0.6 is 0 Å². The number of rotatable bonds is 4. The zero-order valence-corrected chi connectivity index (χ0v) is 11.2. The van der Waals surface area contributed by atoms with Gasteiger partial charge >= 0.3 is 5.97 Å². The molecule has 0 saturated carbocycles. The Bertz CT molecular complexity index is 607. The van der Waals surface area contributed by atoms with E-state index in [4.69, 9.17) is 5.11 Å². The fourth-order valence-electron chi connectivity index (χ4n) is 2.93. The van der Waals surface area contributed by atoms with Crippen molar-refractivity contribution in [3.05, 3.63) is 47.5 Å². The lowest BCUT2D eigenvalue weighted by atomic mass is 9.85.